The molecule has 0 aliphatic rings. The van der Waals surface area contributed by atoms with Crippen LogP contribution in [0, 0.1) is 0 Å². The van der Waals surface area contributed by atoms with Crippen LogP contribution in [0.1, 0.15) is 10.5 Å². The molecule has 1 rings (SSSR count). The third-order valence-electron chi connectivity index (χ3n) is 2.62. The average Bonchev–Trinajstić information content (AvgIpc) is 2.66. The summed E-state index contributed by atoms with van der Waals surface area (Å²) in [4.78, 5) is 13.1. The van der Waals surface area contributed by atoms with Crippen LogP contribution in [0.2, 0.25) is 0 Å². The van der Waals surface area contributed by atoms with Gasteiger partial charge in [0.2, 0.25) is 0 Å². The van der Waals surface area contributed by atoms with E-state index < -0.39 is 24.8 Å². The van der Waals surface area contributed by atoms with Gasteiger partial charge in [-0.3, -0.25) is 4.79 Å². The average molecular weight is 343 g/mol. The van der Waals surface area contributed by atoms with Gasteiger partial charge in [-0.2, -0.15) is 0 Å². The van der Waals surface area contributed by atoms with Gasteiger partial charge in [-0.25, -0.2) is 16.8 Å². The molecule has 0 bridgehead atoms. The molecule has 0 N–H and O–H groups in total. The van der Waals surface area contributed by atoms with Crippen molar-refractivity contribution in [2.45, 2.75) is 4.90 Å². The summed E-state index contributed by atoms with van der Waals surface area (Å²) in [5.74, 6) is -0.650. The first-order valence-corrected chi connectivity index (χ1v) is 9.83. The summed E-state index contributed by atoms with van der Waals surface area (Å²) in [6.07, 6.45) is 2.30. The van der Waals surface area contributed by atoms with Crippen molar-refractivity contribution in [3.8, 4) is 0 Å². The number of halogens is 1. The molecule has 0 aliphatic heterocycles. The molecule has 1 amide bonds. The van der Waals surface area contributed by atoms with Gasteiger partial charge in [0.15, 0.2) is 0 Å². The molecule has 0 atom stereocenters. The van der Waals surface area contributed by atoms with Gasteiger partial charge in [-0.15, -0.1) is 0 Å². The van der Waals surface area contributed by atoms with Crippen molar-refractivity contribution in [2.75, 3.05) is 25.6 Å². The molecule has 1 aromatic heterocycles. The summed E-state index contributed by atoms with van der Waals surface area (Å²) in [7, 11) is 1.05. The standard InChI is InChI=1S/C10H15ClN2O5S2/c1-12(4-5-19(3,15)16)10(14)9-6-8(7-13(9)2)20(11,17)18/h6-7H,4-5H2,1-3H3. The Labute approximate surface area is 122 Å². The van der Waals surface area contributed by atoms with Crippen molar-refractivity contribution in [2.24, 2.45) is 7.05 Å². The predicted octanol–water partition coefficient (Wildman–Crippen LogP) is 0.0692. The third kappa shape index (κ3) is 4.50. The number of sulfone groups is 1. The highest BCUT2D eigenvalue weighted by molar-refractivity contribution is 8.13. The van der Waals surface area contributed by atoms with Gasteiger partial charge in [0.05, 0.1) is 5.75 Å². The molecule has 0 unspecified atom stereocenters. The minimum atomic E-state index is -3.91. The quantitative estimate of drug-likeness (QED) is 0.706. The zero-order chi connectivity index (χ0) is 15.7. The fourth-order valence-electron chi connectivity index (χ4n) is 1.48. The first-order valence-electron chi connectivity index (χ1n) is 5.46. The SMILES string of the molecule is CN(CCS(C)(=O)=O)C(=O)c1cc(S(=O)(=O)Cl)cn1C. The highest BCUT2D eigenvalue weighted by atomic mass is 35.7. The number of nitrogens with zero attached hydrogens (tertiary/aromatic N) is 2. The van der Waals surface area contributed by atoms with Crippen molar-refractivity contribution in [3.63, 3.8) is 0 Å². The van der Waals surface area contributed by atoms with Crippen LogP contribution in [0.25, 0.3) is 0 Å². The Hall–Kier alpha value is -1.06. The Morgan fingerprint density at radius 1 is 1.35 bits per heavy atom. The predicted molar refractivity (Wildman–Crippen MR) is 75.1 cm³/mol. The number of hydrogen-bond donors (Lipinski definition) is 0. The van der Waals surface area contributed by atoms with E-state index in [1.54, 1.807) is 0 Å². The smallest absolute Gasteiger partial charge is 0.270 e. The lowest BCUT2D eigenvalue weighted by Crippen LogP contribution is -2.32. The van der Waals surface area contributed by atoms with E-state index in [2.05, 4.69) is 0 Å². The minimum absolute atomic E-state index is 0.0196. The number of amides is 1. The van der Waals surface area contributed by atoms with Crippen molar-refractivity contribution in [1.82, 2.24) is 9.47 Å². The summed E-state index contributed by atoms with van der Waals surface area (Å²) in [5, 5.41) is 0. The Morgan fingerprint density at radius 3 is 2.30 bits per heavy atom. The Balaban J connectivity index is 2.95. The van der Waals surface area contributed by atoms with Gasteiger partial charge in [0, 0.05) is 43.8 Å². The van der Waals surface area contributed by atoms with Crippen LogP contribution in [-0.4, -0.2) is 57.8 Å². The van der Waals surface area contributed by atoms with Crippen LogP contribution in [0.3, 0.4) is 0 Å². The minimum Gasteiger partial charge on any atom is -0.345 e. The van der Waals surface area contributed by atoms with Crippen LogP contribution in [0.4, 0.5) is 0 Å². The maximum atomic E-state index is 12.1. The molecule has 0 fully saturated rings. The zero-order valence-corrected chi connectivity index (χ0v) is 13.6. The maximum Gasteiger partial charge on any atom is 0.270 e. The van der Waals surface area contributed by atoms with E-state index in [1.165, 1.54) is 29.8 Å². The molecule has 114 valence electrons. The molecule has 0 saturated carbocycles. The normalized spacial score (nSPS) is 12.4. The van der Waals surface area contributed by atoms with E-state index in [4.69, 9.17) is 10.7 Å². The van der Waals surface area contributed by atoms with Crippen molar-refractivity contribution in [3.05, 3.63) is 18.0 Å². The molecule has 1 heterocycles. The first kappa shape index (κ1) is 17.0. The van der Waals surface area contributed by atoms with E-state index in [0.717, 1.165) is 12.3 Å². The highest BCUT2D eigenvalue weighted by Crippen LogP contribution is 2.18. The van der Waals surface area contributed by atoms with Gasteiger partial charge in [0.1, 0.15) is 20.4 Å². The number of aromatic nitrogens is 1. The monoisotopic (exact) mass is 342 g/mol. The van der Waals surface area contributed by atoms with Crippen molar-refractivity contribution in [1.29, 1.82) is 0 Å². The van der Waals surface area contributed by atoms with Crippen molar-refractivity contribution < 1.29 is 21.6 Å². The number of carbonyl (C=O) groups is 1. The van der Waals surface area contributed by atoms with E-state index in [0.29, 0.717) is 0 Å². The lowest BCUT2D eigenvalue weighted by molar-refractivity contribution is 0.0794. The van der Waals surface area contributed by atoms with Crippen LogP contribution in [0.5, 0.6) is 0 Å². The Morgan fingerprint density at radius 2 is 1.90 bits per heavy atom. The van der Waals surface area contributed by atoms with Gasteiger partial charge >= 0.3 is 0 Å². The number of hydrogen-bond acceptors (Lipinski definition) is 5. The van der Waals surface area contributed by atoms with E-state index >= 15 is 0 Å². The summed E-state index contributed by atoms with van der Waals surface area (Å²) < 4.78 is 45.8. The molecule has 0 saturated heterocycles. The Kier molecular flexibility index (Phi) is 4.88. The Bertz CT molecular complexity index is 721. The molecule has 0 aliphatic carbocycles. The first-order chi connectivity index (χ1) is 8.92. The topological polar surface area (TPSA) is 93.5 Å². The van der Waals surface area contributed by atoms with Gasteiger partial charge < -0.3 is 9.47 Å². The van der Waals surface area contributed by atoms with Crippen molar-refractivity contribution >= 4 is 35.5 Å². The molecule has 0 spiro atoms. The lowest BCUT2D eigenvalue weighted by atomic mass is 10.3. The molecule has 10 heteroatoms. The lowest BCUT2D eigenvalue weighted by Gasteiger charge is -2.16. The fraction of sp³-hybridized carbons (Fsp3) is 0.500. The number of aryl methyl sites for hydroxylation is 1. The summed E-state index contributed by atoms with van der Waals surface area (Å²) in [5.41, 5.74) is 0.111. The molecule has 0 radical (unpaired) electrons. The van der Waals surface area contributed by atoms with E-state index in [9.17, 15) is 21.6 Å². The third-order valence-corrected chi connectivity index (χ3v) is 4.87. The van der Waals surface area contributed by atoms with Gasteiger partial charge in [-0.05, 0) is 6.07 Å². The van der Waals surface area contributed by atoms with Gasteiger partial charge in [0.25, 0.3) is 15.0 Å². The largest absolute Gasteiger partial charge is 0.345 e. The summed E-state index contributed by atoms with van der Waals surface area (Å²) >= 11 is 0. The fourth-order valence-corrected chi connectivity index (χ4v) is 2.88. The van der Waals surface area contributed by atoms with Crippen LogP contribution in [-0.2, 0) is 25.9 Å². The summed E-state index contributed by atoms with van der Waals surface area (Å²) in [6.45, 7) is 0.0196. The molecule has 0 aromatic carbocycles. The highest BCUT2D eigenvalue weighted by Gasteiger charge is 2.21. The number of rotatable bonds is 5. The van der Waals surface area contributed by atoms with Gasteiger partial charge in [-0.1, -0.05) is 0 Å². The van der Waals surface area contributed by atoms with Crippen LogP contribution in [0.15, 0.2) is 17.2 Å². The molecule has 7 nitrogen and oxygen atoms in total. The molecule has 1 aromatic rings. The van der Waals surface area contributed by atoms with E-state index in [1.807, 2.05) is 0 Å². The molecular weight excluding hydrogens is 328 g/mol. The second kappa shape index (κ2) is 5.74. The molecule has 20 heavy (non-hydrogen) atoms. The van der Waals surface area contributed by atoms with E-state index in [-0.39, 0.29) is 22.9 Å². The molecular formula is C10H15ClN2O5S2. The second-order valence-electron chi connectivity index (χ2n) is 4.47. The van der Waals surface area contributed by atoms with Crippen LogP contribution >= 0.6 is 10.7 Å². The van der Waals surface area contributed by atoms with Crippen LogP contribution < -0.4 is 0 Å². The number of carbonyl (C=O) groups excluding carboxylic acids is 1. The maximum absolute atomic E-state index is 12.1. The second-order valence-corrected chi connectivity index (χ2v) is 9.29. The summed E-state index contributed by atoms with van der Waals surface area (Å²) in [6, 6.07) is 1.15. The zero-order valence-electron chi connectivity index (χ0n) is 11.2.